The highest BCUT2D eigenvalue weighted by Crippen LogP contribution is 2.20. The molecule has 186 valence electrons. The fourth-order valence-electron chi connectivity index (χ4n) is 3.42. The number of sulfonamides is 1. The van der Waals surface area contributed by atoms with Gasteiger partial charge in [-0.05, 0) is 55.2 Å². The van der Waals surface area contributed by atoms with Crippen molar-refractivity contribution in [1.29, 1.82) is 0 Å². The van der Waals surface area contributed by atoms with Crippen LogP contribution in [0.2, 0.25) is 0 Å². The maximum Gasteiger partial charge on any atom is 0.244 e. The van der Waals surface area contributed by atoms with Crippen LogP contribution in [0.15, 0.2) is 48.5 Å². The summed E-state index contributed by atoms with van der Waals surface area (Å²) < 4.78 is 39.5. The highest BCUT2D eigenvalue weighted by Gasteiger charge is 2.30. The fourth-order valence-corrected chi connectivity index (χ4v) is 4.27. The molecule has 2 aromatic carbocycles. The van der Waals surface area contributed by atoms with Crippen LogP contribution in [-0.4, -0.2) is 50.5 Å². The minimum atomic E-state index is -3.77. The molecule has 1 atom stereocenters. The van der Waals surface area contributed by atoms with Crippen molar-refractivity contribution in [3.8, 4) is 0 Å². The predicted octanol–water partition coefficient (Wildman–Crippen LogP) is 3.49. The number of carbonyl (C=O) groups excluding carboxylic acids is 2. The zero-order valence-electron chi connectivity index (χ0n) is 20.3. The number of rotatable bonds is 12. The highest BCUT2D eigenvalue weighted by atomic mass is 32.2. The average Bonchev–Trinajstić information content (AvgIpc) is 2.81. The summed E-state index contributed by atoms with van der Waals surface area (Å²) in [5.74, 6) is -1.28. The lowest BCUT2D eigenvalue weighted by atomic mass is 10.1. The molecule has 0 aliphatic carbocycles. The van der Waals surface area contributed by atoms with Gasteiger partial charge in [0.1, 0.15) is 18.4 Å². The van der Waals surface area contributed by atoms with Gasteiger partial charge >= 0.3 is 0 Å². The van der Waals surface area contributed by atoms with E-state index in [-0.39, 0.29) is 12.5 Å². The second kappa shape index (κ2) is 12.5. The summed E-state index contributed by atoms with van der Waals surface area (Å²) in [5, 5.41) is 2.82. The van der Waals surface area contributed by atoms with Crippen LogP contribution in [0.5, 0.6) is 0 Å². The van der Waals surface area contributed by atoms with Crippen molar-refractivity contribution in [2.24, 2.45) is 0 Å². The van der Waals surface area contributed by atoms with Gasteiger partial charge in [-0.1, -0.05) is 44.5 Å². The molecule has 0 aromatic heterocycles. The van der Waals surface area contributed by atoms with Gasteiger partial charge in [0.2, 0.25) is 21.8 Å². The molecule has 2 rings (SSSR count). The van der Waals surface area contributed by atoms with E-state index in [1.807, 2.05) is 26.0 Å². The number of carbonyl (C=O) groups is 2. The van der Waals surface area contributed by atoms with Crippen molar-refractivity contribution >= 4 is 27.5 Å². The van der Waals surface area contributed by atoms with Crippen LogP contribution in [0, 0.1) is 5.82 Å². The van der Waals surface area contributed by atoms with Crippen LogP contribution in [-0.2, 0) is 32.6 Å². The molecule has 1 N–H and O–H groups in total. The third-order valence-electron chi connectivity index (χ3n) is 5.57. The molecule has 34 heavy (non-hydrogen) atoms. The number of nitrogens with zero attached hydrogens (tertiary/aromatic N) is 2. The Labute approximate surface area is 202 Å². The first kappa shape index (κ1) is 27.3. The minimum Gasteiger partial charge on any atom is -0.354 e. The van der Waals surface area contributed by atoms with Crippen molar-refractivity contribution in [2.75, 3.05) is 23.7 Å². The van der Waals surface area contributed by atoms with E-state index < -0.39 is 34.3 Å². The molecule has 0 aliphatic heterocycles. The van der Waals surface area contributed by atoms with Crippen molar-refractivity contribution in [2.45, 2.75) is 52.6 Å². The zero-order valence-corrected chi connectivity index (χ0v) is 21.1. The lowest BCUT2D eigenvalue weighted by molar-refractivity contribution is -0.139. The molecule has 0 fully saturated rings. The Bertz CT molecular complexity index is 1060. The maximum absolute atomic E-state index is 13.4. The minimum absolute atomic E-state index is 0.0356. The molecule has 0 radical (unpaired) electrons. The van der Waals surface area contributed by atoms with E-state index in [2.05, 4.69) is 5.32 Å². The summed E-state index contributed by atoms with van der Waals surface area (Å²) in [6.45, 7) is 5.66. The number of hydrogen-bond donors (Lipinski definition) is 1. The monoisotopic (exact) mass is 491 g/mol. The Morgan fingerprint density at radius 1 is 1.00 bits per heavy atom. The lowest BCUT2D eigenvalue weighted by Crippen LogP contribution is -2.51. The van der Waals surface area contributed by atoms with Crippen LogP contribution >= 0.6 is 0 Å². The molecule has 0 spiro atoms. The first-order valence-corrected chi connectivity index (χ1v) is 13.3. The normalized spacial score (nSPS) is 12.1. The first-order chi connectivity index (χ1) is 16.1. The van der Waals surface area contributed by atoms with E-state index in [9.17, 15) is 22.4 Å². The van der Waals surface area contributed by atoms with Gasteiger partial charge in [-0.3, -0.25) is 13.9 Å². The van der Waals surface area contributed by atoms with Crippen LogP contribution in [0.3, 0.4) is 0 Å². The Hall–Kier alpha value is -2.94. The summed E-state index contributed by atoms with van der Waals surface area (Å²) in [6, 6.07) is 11.7. The summed E-state index contributed by atoms with van der Waals surface area (Å²) in [4.78, 5) is 27.5. The predicted molar refractivity (Wildman–Crippen MR) is 132 cm³/mol. The topological polar surface area (TPSA) is 86.8 Å². The Morgan fingerprint density at radius 2 is 1.59 bits per heavy atom. The van der Waals surface area contributed by atoms with E-state index in [1.165, 1.54) is 29.2 Å². The Balaban J connectivity index is 2.32. The zero-order chi connectivity index (χ0) is 25.3. The molecule has 2 aromatic rings. The van der Waals surface area contributed by atoms with Crippen LogP contribution in [0.25, 0.3) is 0 Å². The second-order valence-electron chi connectivity index (χ2n) is 8.26. The standard InChI is InChI=1S/C25H34FN3O4S/c1-5-7-16-27-25(31)19(3)28(17-21-8-12-22(26)13-9-21)24(30)18-29(34(4,32)33)23-14-10-20(6-2)11-15-23/h8-15,19H,5-7,16-18H2,1-4H3,(H,27,31). The number of nitrogens with one attached hydrogen (secondary N) is 1. The Morgan fingerprint density at radius 3 is 2.12 bits per heavy atom. The van der Waals surface area contributed by atoms with E-state index in [4.69, 9.17) is 0 Å². The van der Waals surface area contributed by atoms with Gasteiger partial charge in [-0.15, -0.1) is 0 Å². The van der Waals surface area contributed by atoms with Crippen LogP contribution in [0.1, 0.15) is 44.7 Å². The van der Waals surface area contributed by atoms with Crippen LogP contribution < -0.4 is 9.62 Å². The van der Waals surface area contributed by atoms with Gasteiger partial charge in [0.25, 0.3) is 0 Å². The molecule has 0 heterocycles. The lowest BCUT2D eigenvalue weighted by Gasteiger charge is -2.31. The van der Waals surface area contributed by atoms with Gasteiger partial charge in [-0.25, -0.2) is 12.8 Å². The number of anilines is 1. The number of benzene rings is 2. The van der Waals surface area contributed by atoms with E-state index >= 15 is 0 Å². The van der Waals surface area contributed by atoms with Gasteiger partial charge in [0, 0.05) is 13.1 Å². The molecule has 0 saturated heterocycles. The third kappa shape index (κ3) is 7.83. The number of halogens is 1. The Kier molecular flexibility index (Phi) is 10.0. The van der Waals surface area contributed by atoms with Crippen LogP contribution in [0.4, 0.5) is 10.1 Å². The molecule has 9 heteroatoms. The molecule has 1 unspecified atom stereocenters. The number of amides is 2. The maximum atomic E-state index is 13.4. The number of hydrogen-bond acceptors (Lipinski definition) is 4. The largest absolute Gasteiger partial charge is 0.354 e. The van der Waals surface area contributed by atoms with Crippen molar-refractivity contribution in [1.82, 2.24) is 10.2 Å². The second-order valence-corrected chi connectivity index (χ2v) is 10.2. The molecule has 0 aliphatic rings. The molecular formula is C25H34FN3O4S. The summed E-state index contributed by atoms with van der Waals surface area (Å²) >= 11 is 0. The van der Waals surface area contributed by atoms with E-state index in [0.29, 0.717) is 17.8 Å². The molecular weight excluding hydrogens is 457 g/mol. The van der Waals surface area contributed by atoms with Gasteiger partial charge in [0.15, 0.2) is 0 Å². The number of aryl methyl sites for hydroxylation is 1. The molecule has 0 bridgehead atoms. The smallest absolute Gasteiger partial charge is 0.244 e. The van der Waals surface area contributed by atoms with Crippen molar-refractivity contribution in [3.63, 3.8) is 0 Å². The average molecular weight is 492 g/mol. The molecule has 2 amide bonds. The quantitative estimate of drug-likeness (QED) is 0.461. The fraction of sp³-hybridized carbons (Fsp3) is 0.440. The molecule has 0 saturated carbocycles. The summed E-state index contributed by atoms with van der Waals surface area (Å²) in [7, 11) is -3.77. The summed E-state index contributed by atoms with van der Waals surface area (Å²) in [5.41, 5.74) is 2.04. The van der Waals surface area contributed by atoms with Crippen molar-refractivity contribution in [3.05, 3.63) is 65.5 Å². The SMILES string of the molecule is CCCCNC(=O)C(C)N(Cc1ccc(F)cc1)C(=O)CN(c1ccc(CC)cc1)S(C)(=O)=O. The van der Waals surface area contributed by atoms with Crippen molar-refractivity contribution < 1.29 is 22.4 Å². The van der Waals surface area contributed by atoms with E-state index in [1.54, 1.807) is 19.1 Å². The third-order valence-corrected chi connectivity index (χ3v) is 6.72. The highest BCUT2D eigenvalue weighted by molar-refractivity contribution is 7.92. The van der Waals surface area contributed by atoms with Gasteiger partial charge in [-0.2, -0.15) is 0 Å². The summed E-state index contributed by atoms with van der Waals surface area (Å²) in [6.07, 6.45) is 3.56. The first-order valence-electron chi connectivity index (χ1n) is 11.4. The number of unbranched alkanes of at least 4 members (excludes halogenated alkanes) is 1. The molecule has 7 nitrogen and oxygen atoms in total. The van der Waals surface area contributed by atoms with E-state index in [0.717, 1.165) is 35.4 Å². The van der Waals surface area contributed by atoms with Gasteiger partial charge < -0.3 is 10.2 Å². The van der Waals surface area contributed by atoms with Gasteiger partial charge in [0.05, 0.1) is 11.9 Å².